The van der Waals surface area contributed by atoms with E-state index in [0.29, 0.717) is 0 Å². The van der Waals surface area contributed by atoms with Gasteiger partial charge in [-0.25, -0.2) is 9.36 Å². The topological polar surface area (TPSA) is 150 Å². The van der Waals surface area contributed by atoms with Crippen molar-refractivity contribution in [3.05, 3.63) is 71.2 Å². The highest BCUT2D eigenvalue weighted by molar-refractivity contribution is 7.46. The molecule has 2 atom stereocenters. The fourth-order valence-electron chi connectivity index (χ4n) is 3.23. The molecule has 0 saturated carbocycles. The number of rotatable bonds is 12. The quantitative estimate of drug-likeness (QED) is 0.184. The molecule has 220 valence electrons. The molecular formula is C22H19F6O11P. The summed E-state index contributed by atoms with van der Waals surface area (Å²) in [4.78, 5) is 30.8. The van der Waals surface area contributed by atoms with Gasteiger partial charge in [-0.1, -0.05) is 24.3 Å². The van der Waals surface area contributed by atoms with E-state index in [1.54, 1.807) is 0 Å². The molecule has 11 nitrogen and oxygen atoms in total. The van der Waals surface area contributed by atoms with Crippen molar-refractivity contribution < 1.29 is 78.8 Å². The van der Waals surface area contributed by atoms with Crippen LogP contribution in [0.2, 0.25) is 0 Å². The zero-order valence-corrected chi connectivity index (χ0v) is 20.6. The standard InChI is InChI=1S/C22H19F6O11P/c23-21(24,25)37-14-5-1-12(2-6-14)10-34-18-17(16(9-29)39-40(31,32)33)36-20(30)19(18)35-11-13-3-7-15(8-4-13)38-22(26,27)28/h1-8,16-17,29H,9-11H2,(H2,31,32,33)/t16-,17+/m0/s1. The summed E-state index contributed by atoms with van der Waals surface area (Å²) < 4.78 is 113. The molecule has 0 fully saturated rings. The maximum atomic E-state index is 12.5. The van der Waals surface area contributed by atoms with E-state index in [1.165, 1.54) is 24.3 Å². The highest BCUT2D eigenvalue weighted by Gasteiger charge is 2.45. The Morgan fingerprint density at radius 3 is 1.68 bits per heavy atom. The van der Waals surface area contributed by atoms with E-state index in [1.807, 2.05) is 0 Å². The molecule has 1 aliphatic rings. The van der Waals surface area contributed by atoms with Gasteiger partial charge in [0.15, 0.2) is 11.9 Å². The van der Waals surface area contributed by atoms with Crippen LogP contribution in [0.1, 0.15) is 11.1 Å². The number of aliphatic hydroxyl groups is 1. The number of phosphoric acid groups is 1. The average molecular weight is 604 g/mol. The summed E-state index contributed by atoms with van der Waals surface area (Å²) in [5.41, 5.74) is 0.499. The molecule has 0 aliphatic carbocycles. The van der Waals surface area contributed by atoms with Gasteiger partial charge in [-0.05, 0) is 35.4 Å². The van der Waals surface area contributed by atoms with Crippen LogP contribution in [-0.2, 0) is 41.3 Å². The first kappa shape index (κ1) is 31.0. The molecule has 0 saturated heterocycles. The van der Waals surface area contributed by atoms with Crippen molar-refractivity contribution >= 4 is 13.8 Å². The van der Waals surface area contributed by atoms with Gasteiger partial charge >= 0.3 is 26.5 Å². The molecule has 0 spiro atoms. The molecule has 2 aromatic rings. The first-order chi connectivity index (χ1) is 18.5. The summed E-state index contributed by atoms with van der Waals surface area (Å²) in [5, 5.41) is 9.59. The third-order valence-corrected chi connectivity index (χ3v) is 5.33. The lowest BCUT2D eigenvalue weighted by Gasteiger charge is -2.23. The van der Waals surface area contributed by atoms with Crippen molar-refractivity contribution in [3.8, 4) is 11.5 Å². The number of carbonyl (C=O) groups excluding carboxylic acids is 1. The Labute approximate surface area is 220 Å². The van der Waals surface area contributed by atoms with Crippen molar-refractivity contribution in [1.82, 2.24) is 0 Å². The van der Waals surface area contributed by atoms with E-state index in [2.05, 4.69) is 14.0 Å². The van der Waals surface area contributed by atoms with E-state index in [0.717, 1.165) is 24.3 Å². The molecule has 0 amide bonds. The number of carbonyl (C=O) groups is 1. The van der Waals surface area contributed by atoms with Gasteiger partial charge in [-0.3, -0.25) is 4.52 Å². The lowest BCUT2D eigenvalue weighted by atomic mass is 10.1. The Morgan fingerprint density at radius 2 is 1.27 bits per heavy atom. The van der Waals surface area contributed by atoms with Crippen LogP contribution < -0.4 is 9.47 Å². The van der Waals surface area contributed by atoms with Crippen LogP contribution in [-0.4, -0.2) is 52.4 Å². The van der Waals surface area contributed by atoms with Gasteiger partial charge in [-0.15, -0.1) is 26.3 Å². The summed E-state index contributed by atoms with van der Waals surface area (Å²) >= 11 is 0. The lowest BCUT2D eigenvalue weighted by Crippen LogP contribution is -2.34. The monoisotopic (exact) mass is 604 g/mol. The molecule has 2 aromatic carbocycles. The first-order valence-corrected chi connectivity index (χ1v) is 12.3. The number of cyclic esters (lactones) is 1. The Bertz CT molecular complexity index is 1240. The summed E-state index contributed by atoms with van der Waals surface area (Å²) in [6, 6.07) is 8.68. The summed E-state index contributed by atoms with van der Waals surface area (Å²) in [5.74, 6) is -3.35. The maximum absolute atomic E-state index is 12.5. The maximum Gasteiger partial charge on any atom is 0.573 e. The smallest absolute Gasteiger partial charge is 0.485 e. The van der Waals surface area contributed by atoms with Gasteiger partial charge in [0.1, 0.15) is 30.8 Å². The minimum absolute atomic E-state index is 0.246. The van der Waals surface area contributed by atoms with Crippen molar-refractivity contribution in [2.45, 2.75) is 38.1 Å². The van der Waals surface area contributed by atoms with Crippen LogP contribution in [0.4, 0.5) is 26.3 Å². The number of alkyl halides is 6. The normalized spacial score (nSPS) is 16.9. The van der Waals surface area contributed by atoms with Gasteiger partial charge < -0.3 is 38.6 Å². The van der Waals surface area contributed by atoms with Crippen LogP contribution in [0.5, 0.6) is 11.5 Å². The Hall–Kier alpha value is -3.50. The van der Waals surface area contributed by atoms with Crippen LogP contribution >= 0.6 is 7.82 Å². The van der Waals surface area contributed by atoms with Crippen molar-refractivity contribution in [3.63, 3.8) is 0 Å². The predicted octanol–water partition coefficient (Wildman–Crippen LogP) is 3.82. The Morgan fingerprint density at radius 1 is 0.825 bits per heavy atom. The van der Waals surface area contributed by atoms with E-state index < -0.39 is 81.6 Å². The Balaban J connectivity index is 1.81. The van der Waals surface area contributed by atoms with Crippen molar-refractivity contribution in [2.75, 3.05) is 6.61 Å². The van der Waals surface area contributed by atoms with Crippen molar-refractivity contribution in [2.24, 2.45) is 0 Å². The fraction of sp³-hybridized carbons (Fsp3) is 0.318. The average Bonchev–Trinajstić information content (AvgIpc) is 3.14. The number of hydrogen-bond acceptors (Lipinski definition) is 9. The van der Waals surface area contributed by atoms with Gasteiger partial charge in [0.05, 0.1) is 6.61 Å². The molecule has 18 heteroatoms. The minimum atomic E-state index is -5.21. The fourth-order valence-corrected chi connectivity index (χ4v) is 3.76. The second-order valence-corrected chi connectivity index (χ2v) is 8.99. The highest BCUT2D eigenvalue weighted by atomic mass is 31.2. The van der Waals surface area contributed by atoms with E-state index in [-0.39, 0.29) is 11.1 Å². The number of halogens is 6. The molecule has 3 N–H and O–H groups in total. The van der Waals surface area contributed by atoms with Crippen molar-refractivity contribution in [1.29, 1.82) is 0 Å². The number of aliphatic hydroxyl groups excluding tert-OH is 1. The molecule has 0 unspecified atom stereocenters. The van der Waals surface area contributed by atoms with Gasteiger partial charge in [0.25, 0.3) is 0 Å². The highest BCUT2D eigenvalue weighted by Crippen LogP contribution is 2.41. The third-order valence-electron chi connectivity index (χ3n) is 4.78. The zero-order valence-electron chi connectivity index (χ0n) is 19.7. The number of phosphoric ester groups is 1. The number of esters is 1. The molecule has 40 heavy (non-hydrogen) atoms. The van der Waals surface area contributed by atoms with Crippen LogP contribution in [0.3, 0.4) is 0 Å². The first-order valence-electron chi connectivity index (χ1n) is 10.8. The molecule has 1 heterocycles. The number of hydrogen-bond donors (Lipinski definition) is 3. The van der Waals surface area contributed by atoms with Gasteiger partial charge in [0.2, 0.25) is 5.76 Å². The van der Waals surface area contributed by atoms with Crippen LogP contribution in [0.25, 0.3) is 0 Å². The minimum Gasteiger partial charge on any atom is -0.485 e. The molecule has 0 aromatic heterocycles. The summed E-state index contributed by atoms with van der Waals surface area (Å²) in [7, 11) is -5.21. The SMILES string of the molecule is O=C1O[C@H]([C@H](CO)OP(=O)(O)O)C(OCc2ccc(OC(F)(F)F)cc2)=C1OCc1ccc(OC(F)(F)F)cc1. The third kappa shape index (κ3) is 9.60. The lowest BCUT2D eigenvalue weighted by molar-refractivity contribution is -0.275. The van der Waals surface area contributed by atoms with E-state index >= 15 is 0 Å². The summed E-state index contributed by atoms with van der Waals surface area (Å²) in [6.07, 6.45) is -13.4. The molecule has 0 radical (unpaired) electrons. The van der Waals surface area contributed by atoms with Crippen LogP contribution in [0.15, 0.2) is 60.0 Å². The predicted molar refractivity (Wildman–Crippen MR) is 117 cm³/mol. The number of benzene rings is 2. The second kappa shape index (κ2) is 12.3. The zero-order chi connectivity index (χ0) is 29.7. The van der Waals surface area contributed by atoms with Crippen LogP contribution in [0, 0.1) is 0 Å². The molecule has 3 rings (SSSR count). The Kier molecular flexibility index (Phi) is 9.58. The van der Waals surface area contributed by atoms with E-state index in [4.69, 9.17) is 24.0 Å². The van der Waals surface area contributed by atoms with Gasteiger partial charge in [0, 0.05) is 0 Å². The summed E-state index contributed by atoms with van der Waals surface area (Å²) in [6.45, 7) is -1.92. The van der Waals surface area contributed by atoms with E-state index in [9.17, 15) is 40.8 Å². The second-order valence-electron chi connectivity index (χ2n) is 7.80. The molecule has 1 aliphatic heterocycles. The molecular weight excluding hydrogens is 585 g/mol. The largest absolute Gasteiger partial charge is 0.573 e. The molecule has 0 bridgehead atoms. The van der Waals surface area contributed by atoms with Gasteiger partial charge in [-0.2, -0.15) is 0 Å². The number of ether oxygens (including phenoxy) is 5.